The second-order valence-electron chi connectivity index (χ2n) is 7.89. The SMILES string of the molecule is Cc1cc(C(F)(F)F)c2c(C3CCN(C(=O)CCC4CCCO4)CC3)noc2n1. The predicted molar refractivity (Wildman–Crippen MR) is 98.3 cm³/mol. The number of hydrogen-bond acceptors (Lipinski definition) is 5. The molecule has 2 aliphatic heterocycles. The molecule has 0 bridgehead atoms. The molecule has 2 fully saturated rings. The molecule has 1 amide bonds. The Balaban J connectivity index is 1.44. The first-order valence-electron chi connectivity index (χ1n) is 10.1. The van der Waals surface area contributed by atoms with E-state index in [1.807, 2.05) is 0 Å². The minimum Gasteiger partial charge on any atom is -0.378 e. The van der Waals surface area contributed by atoms with Gasteiger partial charge in [0.15, 0.2) is 0 Å². The molecule has 29 heavy (non-hydrogen) atoms. The van der Waals surface area contributed by atoms with Crippen LogP contribution in [0.25, 0.3) is 11.1 Å². The lowest BCUT2D eigenvalue weighted by molar-refractivity contribution is -0.136. The first kappa shape index (κ1) is 20.1. The van der Waals surface area contributed by atoms with Crippen molar-refractivity contribution in [3.05, 3.63) is 23.0 Å². The summed E-state index contributed by atoms with van der Waals surface area (Å²) in [5.74, 6) is -0.110. The maximum atomic E-state index is 13.5. The number of amides is 1. The molecule has 4 rings (SSSR count). The highest BCUT2D eigenvalue weighted by atomic mass is 19.4. The highest BCUT2D eigenvalue weighted by Gasteiger charge is 2.37. The number of pyridine rings is 1. The maximum Gasteiger partial charge on any atom is 0.417 e. The second-order valence-corrected chi connectivity index (χ2v) is 7.89. The van der Waals surface area contributed by atoms with E-state index in [2.05, 4.69) is 10.1 Å². The van der Waals surface area contributed by atoms with Crippen molar-refractivity contribution in [2.45, 2.75) is 63.6 Å². The van der Waals surface area contributed by atoms with Gasteiger partial charge in [-0.3, -0.25) is 4.79 Å². The van der Waals surface area contributed by atoms with Gasteiger partial charge in [0.1, 0.15) is 0 Å². The average molecular weight is 411 g/mol. The monoisotopic (exact) mass is 411 g/mol. The maximum absolute atomic E-state index is 13.5. The molecule has 2 saturated heterocycles. The Bertz CT molecular complexity index is 882. The quantitative estimate of drug-likeness (QED) is 0.754. The number of aryl methyl sites for hydroxylation is 1. The Labute approximate surface area is 166 Å². The lowest BCUT2D eigenvalue weighted by Gasteiger charge is -2.31. The number of rotatable bonds is 4. The lowest BCUT2D eigenvalue weighted by Crippen LogP contribution is -2.38. The van der Waals surface area contributed by atoms with Crippen molar-refractivity contribution in [3.63, 3.8) is 0 Å². The van der Waals surface area contributed by atoms with Crippen LogP contribution < -0.4 is 0 Å². The number of halogens is 3. The summed E-state index contributed by atoms with van der Waals surface area (Å²) in [5, 5.41) is 3.89. The average Bonchev–Trinajstić information content (AvgIpc) is 3.34. The zero-order chi connectivity index (χ0) is 20.6. The van der Waals surface area contributed by atoms with E-state index in [1.54, 1.807) is 4.90 Å². The van der Waals surface area contributed by atoms with Gasteiger partial charge in [0, 0.05) is 37.7 Å². The molecular formula is C20H24F3N3O3. The summed E-state index contributed by atoms with van der Waals surface area (Å²) in [6.07, 6.45) is 0.00138. The van der Waals surface area contributed by atoms with Gasteiger partial charge in [-0.1, -0.05) is 5.16 Å². The molecule has 1 unspecified atom stereocenters. The Kier molecular flexibility index (Phi) is 5.50. The fraction of sp³-hybridized carbons (Fsp3) is 0.650. The summed E-state index contributed by atoms with van der Waals surface area (Å²) in [5.41, 5.74) is -0.306. The number of nitrogens with zero attached hydrogens (tertiary/aromatic N) is 3. The van der Waals surface area contributed by atoms with Gasteiger partial charge >= 0.3 is 6.18 Å². The smallest absolute Gasteiger partial charge is 0.378 e. The summed E-state index contributed by atoms with van der Waals surface area (Å²) in [6, 6.07) is 1.03. The number of fused-ring (bicyclic) bond motifs is 1. The third-order valence-corrected chi connectivity index (χ3v) is 5.84. The molecule has 0 aliphatic carbocycles. The Morgan fingerprint density at radius 2 is 2.03 bits per heavy atom. The number of carbonyl (C=O) groups excluding carboxylic acids is 1. The molecule has 6 nitrogen and oxygen atoms in total. The first-order chi connectivity index (χ1) is 13.8. The van der Waals surface area contributed by atoms with E-state index in [0.29, 0.717) is 38.0 Å². The zero-order valence-corrected chi connectivity index (χ0v) is 16.3. The van der Waals surface area contributed by atoms with Crippen molar-refractivity contribution < 1.29 is 27.2 Å². The zero-order valence-electron chi connectivity index (χ0n) is 16.3. The Morgan fingerprint density at radius 3 is 2.69 bits per heavy atom. The minimum absolute atomic E-state index is 0.0498. The van der Waals surface area contributed by atoms with E-state index < -0.39 is 11.7 Å². The van der Waals surface area contributed by atoms with Crippen LogP contribution in [-0.4, -0.2) is 46.7 Å². The topological polar surface area (TPSA) is 68.5 Å². The number of likely N-dealkylation sites (tertiary alicyclic amines) is 1. The molecular weight excluding hydrogens is 387 g/mol. The molecule has 0 N–H and O–H groups in total. The van der Waals surface area contributed by atoms with Gasteiger partial charge in [0.05, 0.1) is 22.7 Å². The molecule has 9 heteroatoms. The van der Waals surface area contributed by atoms with Gasteiger partial charge < -0.3 is 14.2 Å². The molecule has 2 aliphatic rings. The Morgan fingerprint density at radius 1 is 1.28 bits per heavy atom. The van der Waals surface area contributed by atoms with E-state index in [-0.39, 0.29) is 34.7 Å². The van der Waals surface area contributed by atoms with Gasteiger partial charge in [0.25, 0.3) is 5.71 Å². The molecule has 2 aromatic rings. The fourth-order valence-corrected chi connectivity index (χ4v) is 4.32. The molecule has 0 spiro atoms. The van der Waals surface area contributed by atoms with Crippen LogP contribution in [0.4, 0.5) is 13.2 Å². The first-order valence-corrected chi connectivity index (χ1v) is 10.1. The Hall–Kier alpha value is -2.16. The number of carbonyl (C=O) groups is 1. The molecule has 2 aromatic heterocycles. The standard InChI is InChI=1S/C20H24F3N3O3/c1-12-11-15(20(21,22)23)17-18(25-29-19(17)24-12)13-6-8-26(9-7-13)16(27)5-4-14-3-2-10-28-14/h11,13-14H,2-10H2,1H3. The van der Waals surface area contributed by atoms with Gasteiger partial charge in [0.2, 0.25) is 5.91 Å². The summed E-state index contributed by atoms with van der Waals surface area (Å²) in [4.78, 5) is 18.3. The van der Waals surface area contributed by atoms with Crippen molar-refractivity contribution >= 4 is 17.0 Å². The highest BCUT2D eigenvalue weighted by molar-refractivity contribution is 5.82. The van der Waals surface area contributed by atoms with Crippen LogP contribution in [0.1, 0.15) is 61.4 Å². The van der Waals surface area contributed by atoms with Crippen molar-refractivity contribution in [3.8, 4) is 0 Å². The number of hydrogen-bond donors (Lipinski definition) is 0. The van der Waals surface area contributed by atoms with Crippen molar-refractivity contribution in [1.82, 2.24) is 15.0 Å². The normalized spacial score (nSPS) is 21.2. The van der Waals surface area contributed by atoms with Crippen molar-refractivity contribution in [1.29, 1.82) is 0 Å². The molecule has 1 atom stereocenters. The third-order valence-electron chi connectivity index (χ3n) is 5.84. The molecule has 158 valence electrons. The van der Waals surface area contributed by atoms with Crippen molar-refractivity contribution in [2.24, 2.45) is 0 Å². The molecule has 0 aromatic carbocycles. The minimum atomic E-state index is -4.51. The van der Waals surface area contributed by atoms with Crippen LogP contribution in [-0.2, 0) is 15.7 Å². The van der Waals surface area contributed by atoms with E-state index in [0.717, 1.165) is 31.9 Å². The van der Waals surface area contributed by atoms with E-state index >= 15 is 0 Å². The van der Waals surface area contributed by atoms with Gasteiger partial charge in [-0.15, -0.1) is 0 Å². The number of piperidine rings is 1. The number of aromatic nitrogens is 2. The van der Waals surface area contributed by atoms with Crippen molar-refractivity contribution in [2.75, 3.05) is 19.7 Å². The summed E-state index contributed by atoms with van der Waals surface area (Å²) in [6.45, 7) is 3.27. The molecule has 4 heterocycles. The van der Waals surface area contributed by atoms with E-state index in [4.69, 9.17) is 9.26 Å². The molecule has 0 saturated carbocycles. The van der Waals surface area contributed by atoms with Crippen LogP contribution in [0.15, 0.2) is 10.6 Å². The van der Waals surface area contributed by atoms with Crippen LogP contribution >= 0.6 is 0 Å². The van der Waals surface area contributed by atoms with Crippen LogP contribution in [0.2, 0.25) is 0 Å². The summed E-state index contributed by atoms with van der Waals surface area (Å²) >= 11 is 0. The van der Waals surface area contributed by atoms with Crippen LogP contribution in [0.5, 0.6) is 0 Å². The van der Waals surface area contributed by atoms with Crippen LogP contribution in [0.3, 0.4) is 0 Å². The lowest BCUT2D eigenvalue weighted by atomic mass is 9.90. The van der Waals surface area contributed by atoms with Gasteiger partial charge in [-0.25, -0.2) is 4.98 Å². The van der Waals surface area contributed by atoms with E-state index in [9.17, 15) is 18.0 Å². The summed E-state index contributed by atoms with van der Waals surface area (Å²) in [7, 11) is 0. The second kappa shape index (κ2) is 7.93. The van der Waals surface area contributed by atoms with Gasteiger partial charge in [-0.05, 0) is 45.1 Å². The van der Waals surface area contributed by atoms with E-state index in [1.165, 1.54) is 6.92 Å². The third kappa shape index (κ3) is 4.24. The number of alkyl halides is 3. The van der Waals surface area contributed by atoms with Crippen LogP contribution in [0, 0.1) is 6.92 Å². The largest absolute Gasteiger partial charge is 0.417 e. The molecule has 0 radical (unpaired) electrons. The predicted octanol–water partition coefficient (Wildman–Crippen LogP) is 4.22. The van der Waals surface area contributed by atoms with Gasteiger partial charge in [-0.2, -0.15) is 13.2 Å². The number of ether oxygens (including phenoxy) is 1. The fourth-order valence-electron chi connectivity index (χ4n) is 4.32. The summed E-state index contributed by atoms with van der Waals surface area (Å²) < 4.78 is 51.3. The highest BCUT2D eigenvalue weighted by Crippen LogP contribution is 2.40.